The number of nitrogens with one attached hydrogen (secondary N) is 1. The van der Waals surface area contributed by atoms with Gasteiger partial charge in [-0.1, -0.05) is 24.3 Å². The number of methoxy groups -OCH3 is 1. The third-order valence-corrected chi connectivity index (χ3v) is 3.65. The molecule has 1 aromatic heterocycles. The van der Waals surface area contributed by atoms with Gasteiger partial charge in [0.2, 0.25) is 0 Å². The van der Waals surface area contributed by atoms with Crippen molar-refractivity contribution in [3.05, 3.63) is 35.4 Å². The van der Waals surface area contributed by atoms with Gasteiger partial charge in [-0.15, -0.1) is 0 Å². The third-order valence-electron chi connectivity index (χ3n) is 2.88. The molecule has 2 aromatic rings. The van der Waals surface area contributed by atoms with E-state index in [1.54, 1.807) is 7.11 Å². The van der Waals surface area contributed by atoms with E-state index >= 15 is 0 Å². The van der Waals surface area contributed by atoms with Gasteiger partial charge in [-0.3, -0.25) is 0 Å². The van der Waals surface area contributed by atoms with Crippen LogP contribution >= 0.6 is 11.5 Å². The molecule has 4 nitrogen and oxygen atoms in total. The maximum absolute atomic E-state index is 5.73. The Balaban J connectivity index is 2.21. The van der Waals surface area contributed by atoms with Gasteiger partial charge in [0, 0.05) is 6.04 Å². The summed E-state index contributed by atoms with van der Waals surface area (Å²) in [5.41, 5.74) is 8.24. The summed E-state index contributed by atoms with van der Waals surface area (Å²) in [6.45, 7) is 4.21. The fraction of sp³-hybridized carbons (Fsp3) is 0.308. The monoisotopic (exact) mass is 263 g/mol. The van der Waals surface area contributed by atoms with Crippen molar-refractivity contribution in [1.82, 2.24) is 4.37 Å². The van der Waals surface area contributed by atoms with Crippen LogP contribution in [0.3, 0.4) is 0 Å². The van der Waals surface area contributed by atoms with Crippen molar-refractivity contribution < 1.29 is 4.74 Å². The van der Waals surface area contributed by atoms with E-state index in [4.69, 9.17) is 10.5 Å². The van der Waals surface area contributed by atoms with E-state index in [2.05, 4.69) is 35.7 Å². The first kappa shape index (κ1) is 12.7. The smallest absolute Gasteiger partial charge is 0.197 e. The Morgan fingerprint density at radius 2 is 2.11 bits per heavy atom. The maximum Gasteiger partial charge on any atom is 0.197 e. The first-order valence-electron chi connectivity index (χ1n) is 5.74. The zero-order valence-electron chi connectivity index (χ0n) is 10.7. The van der Waals surface area contributed by atoms with Crippen molar-refractivity contribution in [3.63, 3.8) is 0 Å². The molecule has 5 heteroatoms. The molecule has 0 saturated heterocycles. The molecular formula is C13H17N3OS. The molecule has 18 heavy (non-hydrogen) atoms. The van der Waals surface area contributed by atoms with Gasteiger partial charge >= 0.3 is 0 Å². The highest BCUT2D eigenvalue weighted by Crippen LogP contribution is 2.37. The van der Waals surface area contributed by atoms with Crippen molar-refractivity contribution in [1.29, 1.82) is 0 Å². The van der Waals surface area contributed by atoms with Crippen LogP contribution in [0.15, 0.2) is 24.3 Å². The van der Waals surface area contributed by atoms with Gasteiger partial charge in [0.15, 0.2) is 16.6 Å². The number of benzene rings is 1. The molecule has 0 spiro atoms. The Hall–Kier alpha value is -1.75. The second-order valence-electron chi connectivity index (χ2n) is 4.15. The Bertz CT molecular complexity index is 539. The van der Waals surface area contributed by atoms with Gasteiger partial charge in [0.05, 0.1) is 7.11 Å². The zero-order valence-corrected chi connectivity index (χ0v) is 11.5. The average Bonchev–Trinajstić information content (AvgIpc) is 2.70. The minimum Gasteiger partial charge on any atom is -0.490 e. The molecule has 0 fully saturated rings. The molecule has 96 valence electrons. The number of nitrogen functional groups attached to an aromatic ring is 1. The van der Waals surface area contributed by atoms with Gasteiger partial charge in [0.25, 0.3) is 0 Å². The molecule has 0 aliphatic rings. The molecule has 1 heterocycles. The third kappa shape index (κ3) is 2.41. The van der Waals surface area contributed by atoms with E-state index in [9.17, 15) is 0 Å². The summed E-state index contributed by atoms with van der Waals surface area (Å²) < 4.78 is 9.33. The van der Waals surface area contributed by atoms with Gasteiger partial charge in [-0.2, -0.15) is 4.37 Å². The summed E-state index contributed by atoms with van der Waals surface area (Å²) in [5.74, 6) is 1.06. The first-order chi connectivity index (χ1) is 8.63. The molecule has 2 rings (SSSR count). The molecule has 1 unspecified atom stereocenters. The van der Waals surface area contributed by atoms with E-state index in [-0.39, 0.29) is 6.04 Å². The van der Waals surface area contributed by atoms with Crippen LogP contribution in [0, 0.1) is 6.92 Å². The van der Waals surface area contributed by atoms with E-state index in [0.717, 1.165) is 5.00 Å². The number of aryl methyl sites for hydroxylation is 1. The summed E-state index contributed by atoms with van der Waals surface area (Å²) in [5, 5.41) is 4.26. The molecule has 0 bridgehead atoms. The predicted molar refractivity (Wildman–Crippen MR) is 76.3 cm³/mol. The standard InChI is InChI=1S/C13H17N3OS/c1-8-6-4-5-7-10(8)9(2)15-13-11(17-3)12(14)16-18-13/h4-7,9,15H,1-3H3,(H2,14,16). The summed E-state index contributed by atoms with van der Waals surface area (Å²) >= 11 is 1.32. The lowest BCUT2D eigenvalue weighted by molar-refractivity contribution is 0.419. The molecule has 0 saturated carbocycles. The number of anilines is 2. The molecule has 3 N–H and O–H groups in total. The number of nitrogens with two attached hydrogens (primary N) is 1. The van der Waals surface area contributed by atoms with Crippen molar-refractivity contribution in [3.8, 4) is 5.75 Å². The van der Waals surface area contributed by atoms with E-state index in [1.807, 2.05) is 12.1 Å². The normalized spacial score (nSPS) is 12.2. The first-order valence-corrected chi connectivity index (χ1v) is 6.52. The maximum atomic E-state index is 5.73. The van der Waals surface area contributed by atoms with Crippen molar-refractivity contribution >= 4 is 22.4 Å². The number of aromatic nitrogens is 1. The van der Waals surface area contributed by atoms with Crippen LogP contribution in [0.5, 0.6) is 5.75 Å². The summed E-state index contributed by atoms with van der Waals surface area (Å²) in [6, 6.07) is 8.48. The highest BCUT2D eigenvalue weighted by atomic mass is 32.1. The Morgan fingerprint density at radius 3 is 2.78 bits per heavy atom. The molecule has 0 aliphatic carbocycles. The predicted octanol–water partition coefficient (Wildman–Crippen LogP) is 3.22. The van der Waals surface area contributed by atoms with Crippen LogP contribution in [0.4, 0.5) is 10.8 Å². The summed E-state index contributed by atoms with van der Waals surface area (Å²) in [4.78, 5) is 0. The van der Waals surface area contributed by atoms with Crippen LogP contribution in [0.2, 0.25) is 0 Å². The Kier molecular flexibility index (Phi) is 3.72. The summed E-state index contributed by atoms with van der Waals surface area (Å²) in [6.07, 6.45) is 0. The van der Waals surface area contributed by atoms with Crippen LogP contribution in [-0.4, -0.2) is 11.5 Å². The second-order valence-corrected chi connectivity index (χ2v) is 4.93. The Morgan fingerprint density at radius 1 is 1.39 bits per heavy atom. The lowest BCUT2D eigenvalue weighted by Gasteiger charge is -2.17. The molecule has 0 aliphatic heterocycles. The van der Waals surface area contributed by atoms with E-state index in [0.29, 0.717) is 11.6 Å². The number of hydrogen-bond acceptors (Lipinski definition) is 5. The molecular weight excluding hydrogens is 246 g/mol. The number of rotatable bonds is 4. The topological polar surface area (TPSA) is 60.2 Å². The van der Waals surface area contributed by atoms with Crippen LogP contribution < -0.4 is 15.8 Å². The number of hydrogen-bond donors (Lipinski definition) is 2. The van der Waals surface area contributed by atoms with E-state index in [1.165, 1.54) is 22.7 Å². The van der Waals surface area contributed by atoms with Crippen LogP contribution in [0.25, 0.3) is 0 Å². The SMILES string of the molecule is COc1c(N)nsc1NC(C)c1ccccc1C. The van der Waals surface area contributed by atoms with Crippen molar-refractivity contribution in [2.24, 2.45) is 0 Å². The number of ether oxygens (including phenoxy) is 1. The average molecular weight is 263 g/mol. The highest BCUT2D eigenvalue weighted by Gasteiger charge is 2.15. The van der Waals surface area contributed by atoms with Crippen LogP contribution in [0.1, 0.15) is 24.1 Å². The molecule has 0 radical (unpaired) electrons. The summed E-state index contributed by atoms with van der Waals surface area (Å²) in [7, 11) is 1.60. The van der Waals surface area contributed by atoms with Gasteiger partial charge in [-0.05, 0) is 36.5 Å². The van der Waals surface area contributed by atoms with Gasteiger partial charge in [0.1, 0.15) is 0 Å². The van der Waals surface area contributed by atoms with Gasteiger partial charge in [-0.25, -0.2) is 0 Å². The van der Waals surface area contributed by atoms with Crippen molar-refractivity contribution in [2.75, 3.05) is 18.2 Å². The van der Waals surface area contributed by atoms with Crippen molar-refractivity contribution in [2.45, 2.75) is 19.9 Å². The quantitative estimate of drug-likeness (QED) is 0.889. The lowest BCUT2D eigenvalue weighted by atomic mass is 10.0. The van der Waals surface area contributed by atoms with Crippen LogP contribution in [-0.2, 0) is 0 Å². The fourth-order valence-electron chi connectivity index (χ4n) is 1.93. The fourth-order valence-corrected chi connectivity index (χ4v) is 2.70. The number of nitrogens with zero attached hydrogens (tertiary/aromatic N) is 1. The molecule has 0 amide bonds. The largest absolute Gasteiger partial charge is 0.490 e. The highest BCUT2D eigenvalue weighted by molar-refractivity contribution is 7.11. The Labute approximate surface area is 111 Å². The zero-order chi connectivity index (χ0) is 13.1. The lowest BCUT2D eigenvalue weighted by Crippen LogP contribution is -2.07. The minimum absolute atomic E-state index is 0.181. The molecule has 1 atom stereocenters. The van der Waals surface area contributed by atoms with E-state index < -0.39 is 0 Å². The van der Waals surface area contributed by atoms with Gasteiger partial charge < -0.3 is 15.8 Å². The second kappa shape index (κ2) is 5.27. The molecule has 1 aromatic carbocycles. The minimum atomic E-state index is 0.181.